The predicted octanol–water partition coefficient (Wildman–Crippen LogP) is 4.67. The zero-order valence-electron chi connectivity index (χ0n) is 9.69. The number of phenolic OH excluding ortho intramolecular Hbond substituents is 2. The normalized spacial score (nSPS) is 12.4. The number of hydrogen-bond donors (Lipinski definition) is 2. The summed E-state index contributed by atoms with van der Waals surface area (Å²) in [4.78, 5) is 0. The van der Waals surface area contributed by atoms with Gasteiger partial charge in [0.05, 0.1) is 0 Å². The van der Waals surface area contributed by atoms with Crippen LogP contribution in [0.25, 0.3) is 0 Å². The molecule has 0 spiro atoms. The Morgan fingerprint density at radius 1 is 1.00 bits per heavy atom. The van der Waals surface area contributed by atoms with Gasteiger partial charge in [-0.25, -0.2) is 0 Å². The van der Waals surface area contributed by atoms with Gasteiger partial charge in [0.1, 0.15) is 11.5 Å². The van der Waals surface area contributed by atoms with Crippen LogP contribution in [0.2, 0.25) is 5.02 Å². The first-order chi connectivity index (χ1) is 8.49. The lowest BCUT2D eigenvalue weighted by atomic mass is 9.92. The van der Waals surface area contributed by atoms with Crippen LogP contribution in [0.5, 0.6) is 11.5 Å². The van der Waals surface area contributed by atoms with E-state index in [9.17, 15) is 10.2 Å². The molecule has 0 aromatic heterocycles. The van der Waals surface area contributed by atoms with Crippen molar-refractivity contribution in [3.05, 3.63) is 57.0 Å². The molecule has 0 aliphatic heterocycles. The highest BCUT2D eigenvalue weighted by atomic mass is 79.9. The first kappa shape index (κ1) is 13.2. The second-order valence-corrected chi connectivity index (χ2v) is 5.48. The summed E-state index contributed by atoms with van der Waals surface area (Å²) in [5, 5.41) is 20.3. The molecule has 0 radical (unpaired) electrons. The maximum atomic E-state index is 9.89. The van der Waals surface area contributed by atoms with E-state index in [1.54, 1.807) is 30.3 Å². The van der Waals surface area contributed by atoms with Crippen LogP contribution >= 0.6 is 27.5 Å². The van der Waals surface area contributed by atoms with E-state index in [2.05, 4.69) is 15.9 Å². The fraction of sp³-hybridized carbons (Fsp3) is 0.143. The molecule has 2 aromatic carbocycles. The molecule has 18 heavy (non-hydrogen) atoms. The fourth-order valence-electron chi connectivity index (χ4n) is 1.91. The molecule has 1 atom stereocenters. The van der Waals surface area contributed by atoms with Crippen LogP contribution in [0.1, 0.15) is 24.0 Å². The summed E-state index contributed by atoms with van der Waals surface area (Å²) < 4.78 is 0.878. The summed E-state index contributed by atoms with van der Waals surface area (Å²) in [6, 6.07) is 10.1. The van der Waals surface area contributed by atoms with Gasteiger partial charge in [-0.15, -0.1) is 0 Å². The van der Waals surface area contributed by atoms with Crippen molar-refractivity contribution in [3.8, 4) is 11.5 Å². The summed E-state index contributed by atoms with van der Waals surface area (Å²) in [5.41, 5.74) is 1.43. The number of benzene rings is 2. The van der Waals surface area contributed by atoms with E-state index >= 15 is 0 Å². The van der Waals surface area contributed by atoms with Gasteiger partial charge in [-0.05, 0) is 36.4 Å². The van der Waals surface area contributed by atoms with E-state index in [4.69, 9.17) is 11.6 Å². The van der Waals surface area contributed by atoms with Crippen molar-refractivity contribution in [2.45, 2.75) is 12.8 Å². The second-order valence-electron chi connectivity index (χ2n) is 4.13. The van der Waals surface area contributed by atoms with Gasteiger partial charge in [-0.2, -0.15) is 0 Å². The van der Waals surface area contributed by atoms with E-state index < -0.39 is 0 Å². The fourth-order valence-corrected chi connectivity index (χ4v) is 2.47. The SMILES string of the molecule is CC(c1cc(Cl)ccc1O)c1cc(Br)ccc1O. The Bertz CT molecular complexity index is 533. The van der Waals surface area contributed by atoms with E-state index in [-0.39, 0.29) is 17.4 Å². The minimum Gasteiger partial charge on any atom is -0.508 e. The standard InChI is InChI=1S/C14H12BrClO2/c1-8(11-6-9(15)2-4-13(11)17)12-7-10(16)3-5-14(12)18/h2-8,17-18H,1H3. The van der Waals surface area contributed by atoms with Crippen LogP contribution in [0, 0.1) is 0 Å². The monoisotopic (exact) mass is 326 g/mol. The first-order valence-corrected chi connectivity index (χ1v) is 6.63. The predicted molar refractivity (Wildman–Crippen MR) is 76.4 cm³/mol. The lowest BCUT2D eigenvalue weighted by molar-refractivity contribution is 0.456. The number of rotatable bonds is 2. The molecule has 0 heterocycles. The molecule has 0 bridgehead atoms. The van der Waals surface area contributed by atoms with Gasteiger partial charge in [0.25, 0.3) is 0 Å². The Morgan fingerprint density at radius 2 is 1.56 bits per heavy atom. The lowest BCUT2D eigenvalue weighted by Gasteiger charge is -2.16. The van der Waals surface area contributed by atoms with Gasteiger partial charge in [-0.3, -0.25) is 0 Å². The van der Waals surface area contributed by atoms with Gasteiger partial charge >= 0.3 is 0 Å². The number of hydrogen-bond acceptors (Lipinski definition) is 2. The molecule has 1 unspecified atom stereocenters. The summed E-state index contributed by atoms with van der Waals surface area (Å²) in [7, 11) is 0. The Hall–Kier alpha value is -1.19. The van der Waals surface area contributed by atoms with Gasteiger partial charge in [0.15, 0.2) is 0 Å². The zero-order chi connectivity index (χ0) is 13.3. The maximum Gasteiger partial charge on any atom is 0.119 e. The highest BCUT2D eigenvalue weighted by Gasteiger charge is 2.16. The molecule has 2 rings (SSSR count). The molecule has 0 aliphatic rings. The molecule has 0 amide bonds. The molecule has 2 nitrogen and oxygen atoms in total. The average molecular weight is 328 g/mol. The van der Waals surface area contributed by atoms with Crippen LogP contribution in [0.4, 0.5) is 0 Å². The van der Waals surface area contributed by atoms with Gasteiger partial charge in [-0.1, -0.05) is 34.5 Å². The summed E-state index contributed by atoms with van der Waals surface area (Å²) in [6.45, 7) is 1.91. The highest BCUT2D eigenvalue weighted by Crippen LogP contribution is 2.37. The third-order valence-electron chi connectivity index (χ3n) is 2.91. The van der Waals surface area contributed by atoms with Crippen LogP contribution in [-0.2, 0) is 0 Å². The summed E-state index contributed by atoms with van der Waals surface area (Å²) in [6.07, 6.45) is 0. The Balaban J connectivity index is 2.50. The quantitative estimate of drug-likeness (QED) is 0.842. The molecule has 0 saturated heterocycles. The van der Waals surface area contributed by atoms with Crippen LogP contribution in [-0.4, -0.2) is 10.2 Å². The van der Waals surface area contributed by atoms with Gasteiger partial charge in [0.2, 0.25) is 0 Å². The number of halogens is 2. The van der Waals surface area contributed by atoms with Crippen molar-refractivity contribution in [3.63, 3.8) is 0 Å². The van der Waals surface area contributed by atoms with Crippen molar-refractivity contribution < 1.29 is 10.2 Å². The van der Waals surface area contributed by atoms with E-state index in [0.29, 0.717) is 10.6 Å². The Kier molecular flexibility index (Phi) is 3.83. The molecule has 0 aliphatic carbocycles. The maximum absolute atomic E-state index is 9.89. The molecular weight excluding hydrogens is 316 g/mol. The van der Waals surface area contributed by atoms with E-state index in [1.807, 2.05) is 13.0 Å². The summed E-state index contributed by atoms with van der Waals surface area (Å²) >= 11 is 9.31. The molecule has 2 aromatic rings. The first-order valence-electron chi connectivity index (χ1n) is 5.46. The summed E-state index contributed by atoms with van der Waals surface area (Å²) in [5.74, 6) is 0.220. The zero-order valence-corrected chi connectivity index (χ0v) is 12.0. The topological polar surface area (TPSA) is 40.5 Å². The average Bonchev–Trinajstić information content (AvgIpc) is 2.34. The number of phenols is 2. The molecule has 2 N–H and O–H groups in total. The minimum absolute atomic E-state index is 0.152. The Labute approximate surface area is 119 Å². The van der Waals surface area contributed by atoms with Crippen LogP contribution in [0.15, 0.2) is 40.9 Å². The molecular formula is C14H12BrClO2. The smallest absolute Gasteiger partial charge is 0.119 e. The lowest BCUT2D eigenvalue weighted by Crippen LogP contribution is -1.97. The van der Waals surface area contributed by atoms with Gasteiger partial charge in [0, 0.05) is 26.5 Å². The highest BCUT2D eigenvalue weighted by molar-refractivity contribution is 9.10. The molecule has 4 heteroatoms. The molecule has 94 valence electrons. The number of aromatic hydroxyl groups is 2. The second kappa shape index (κ2) is 5.21. The Morgan fingerprint density at radius 3 is 2.22 bits per heavy atom. The largest absolute Gasteiger partial charge is 0.508 e. The van der Waals surface area contributed by atoms with E-state index in [0.717, 1.165) is 10.0 Å². The van der Waals surface area contributed by atoms with Crippen molar-refractivity contribution in [1.29, 1.82) is 0 Å². The molecule has 0 fully saturated rings. The van der Waals surface area contributed by atoms with Crippen molar-refractivity contribution >= 4 is 27.5 Å². The van der Waals surface area contributed by atoms with Crippen molar-refractivity contribution in [1.82, 2.24) is 0 Å². The minimum atomic E-state index is -0.152. The third kappa shape index (κ3) is 2.62. The molecule has 0 saturated carbocycles. The van der Waals surface area contributed by atoms with Crippen molar-refractivity contribution in [2.75, 3.05) is 0 Å². The van der Waals surface area contributed by atoms with E-state index in [1.165, 1.54) is 0 Å². The van der Waals surface area contributed by atoms with Gasteiger partial charge < -0.3 is 10.2 Å². The van der Waals surface area contributed by atoms with Crippen LogP contribution in [0.3, 0.4) is 0 Å². The van der Waals surface area contributed by atoms with Crippen LogP contribution < -0.4 is 0 Å². The third-order valence-corrected chi connectivity index (χ3v) is 3.64. The van der Waals surface area contributed by atoms with Crippen molar-refractivity contribution in [2.24, 2.45) is 0 Å².